The van der Waals surface area contributed by atoms with Crippen LogP contribution >= 0.6 is 15.9 Å². The lowest BCUT2D eigenvalue weighted by molar-refractivity contribution is -0.142. The summed E-state index contributed by atoms with van der Waals surface area (Å²) in [6, 6.07) is 8.23. The van der Waals surface area contributed by atoms with Gasteiger partial charge in [-0.1, -0.05) is 22.0 Å². The van der Waals surface area contributed by atoms with Crippen LogP contribution in [0.4, 0.5) is 0 Å². The van der Waals surface area contributed by atoms with E-state index >= 15 is 0 Å². The second-order valence-electron chi connectivity index (χ2n) is 5.68. The van der Waals surface area contributed by atoms with Gasteiger partial charge in [0.15, 0.2) is 0 Å². The maximum absolute atomic E-state index is 10.9. The van der Waals surface area contributed by atoms with E-state index < -0.39 is 5.97 Å². The number of ether oxygens (including phenoxy) is 1. The summed E-state index contributed by atoms with van der Waals surface area (Å²) >= 11 is 3.43. The van der Waals surface area contributed by atoms with Crippen molar-refractivity contribution in [2.45, 2.75) is 44.8 Å². The van der Waals surface area contributed by atoms with Crippen molar-refractivity contribution < 1.29 is 14.6 Å². The third-order valence-corrected chi connectivity index (χ3v) is 4.40. The van der Waals surface area contributed by atoms with Crippen LogP contribution < -0.4 is 10.1 Å². The molecule has 4 nitrogen and oxygen atoms in total. The topological polar surface area (TPSA) is 58.6 Å². The van der Waals surface area contributed by atoms with Crippen LogP contribution in [0, 0.1) is 5.92 Å². The lowest BCUT2D eigenvalue weighted by Gasteiger charge is -2.28. The van der Waals surface area contributed by atoms with E-state index in [2.05, 4.69) is 21.2 Å². The van der Waals surface area contributed by atoms with Crippen LogP contribution in [0.1, 0.15) is 32.6 Å². The molecule has 1 saturated carbocycles. The third-order valence-electron chi connectivity index (χ3n) is 3.90. The minimum absolute atomic E-state index is 0.0801. The van der Waals surface area contributed by atoms with Crippen molar-refractivity contribution in [3.8, 4) is 5.75 Å². The van der Waals surface area contributed by atoms with Gasteiger partial charge in [-0.15, -0.1) is 0 Å². The van der Waals surface area contributed by atoms with Gasteiger partial charge in [0.1, 0.15) is 11.9 Å². The first kappa shape index (κ1) is 16.3. The Morgan fingerprint density at radius 1 is 1.43 bits per heavy atom. The second kappa shape index (κ2) is 7.80. The predicted molar refractivity (Wildman–Crippen MR) is 85.6 cm³/mol. The first-order valence-electron chi connectivity index (χ1n) is 7.43. The van der Waals surface area contributed by atoms with Gasteiger partial charge in [0, 0.05) is 17.1 Å². The van der Waals surface area contributed by atoms with E-state index in [-0.39, 0.29) is 12.0 Å². The SMILES string of the molecule is CC(CNC1CCC(C(=O)O)CC1)Oc1cccc(Br)c1. The van der Waals surface area contributed by atoms with Crippen molar-refractivity contribution in [1.82, 2.24) is 5.32 Å². The molecule has 0 aromatic heterocycles. The molecule has 0 heterocycles. The number of carboxylic acids is 1. The van der Waals surface area contributed by atoms with Gasteiger partial charge in [-0.05, 0) is 50.8 Å². The normalized spacial score (nSPS) is 23.5. The van der Waals surface area contributed by atoms with Gasteiger partial charge in [0.2, 0.25) is 0 Å². The van der Waals surface area contributed by atoms with E-state index in [1.54, 1.807) is 0 Å². The average molecular weight is 356 g/mol. The zero-order valence-corrected chi connectivity index (χ0v) is 13.8. The smallest absolute Gasteiger partial charge is 0.306 e. The van der Waals surface area contributed by atoms with Gasteiger partial charge in [0.05, 0.1) is 5.92 Å². The van der Waals surface area contributed by atoms with E-state index in [0.717, 1.165) is 42.5 Å². The first-order valence-corrected chi connectivity index (χ1v) is 8.22. The van der Waals surface area contributed by atoms with Gasteiger partial charge < -0.3 is 15.2 Å². The molecule has 1 aliphatic carbocycles. The van der Waals surface area contributed by atoms with Crippen LogP contribution in [0.25, 0.3) is 0 Å². The summed E-state index contributed by atoms with van der Waals surface area (Å²) in [5.74, 6) is 0.0476. The predicted octanol–water partition coefficient (Wildman–Crippen LogP) is 3.45. The van der Waals surface area contributed by atoms with Gasteiger partial charge in [-0.2, -0.15) is 0 Å². The monoisotopic (exact) mass is 355 g/mol. The number of aliphatic carboxylic acids is 1. The van der Waals surface area contributed by atoms with Gasteiger partial charge in [-0.25, -0.2) is 0 Å². The molecular weight excluding hydrogens is 334 g/mol. The van der Waals surface area contributed by atoms with Crippen LogP contribution in [0.2, 0.25) is 0 Å². The molecule has 0 bridgehead atoms. The molecule has 5 heteroatoms. The Labute approximate surface area is 134 Å². The molecule has 1 fully saturated rings. The van der Waals surface area contributed by atoms with Gasteiger partial charge >= 0.3 is 5.97 Å². The second-order valence-corrected chi connectivity index (χ2v) is 6.60. The summed E-state index contributed by atoms with van der Waals surface area (Å²) < 4.78 is 6.87. The molecule has 1 aliphatic rings. The Balaban J connectivity index is 1.70. The highest BCUT2D eigenvalue weighted by molar-refractivity contribution is 9.10. The van der Waals surface area contributed by atoms with Crippen molar-refractivity contribution in [1.29, 1.82) is 0 Å². The molecular formula is C16H22BrNO3. The highest BCUT2D eigenvalue weighted by Crippen LogP contribution is 2.24. The molecule has 116 valence electrons. The molecule has 1 aromatic rings. The van der Waals surface area contributed by atoms with Crippen molar-refractivity contribution in [3.63, 3.8) is 0 Å². The lowest BCUT2D eigenvalue weighted by Crippen LogP contribution is -2.39. The Bertz CT molecular complexity index is 472. The van der Waals surface area contributed by atoms with Crippen LogP contribution in [0.3, 0.4) is 0 Å². The molecule has 2 N–H and O–H groups in total. The summed E-state index contributed by atoms with van der Waals surface area (Å²) in [6.45, 7) is 2.81. The molecule has 1 unspecified atom stereocenters. The molecule has 0 radical (unpaired) electrons. The highest BCUT2D eigenvalue weighted by atomic mass is 79.9. The number of carbonyl (C=O) groups is 1. The fourth-order valence-electron chi connectivity index (χ4n) is 2.69. The Morgan fingerprint density at radius 3 is 2.76 bits per heavy atom. The summed E-state index contributed by atoms with van der Waals surface area (Å²) in [4.78, 5) is 10.9. The van der Waals surface area contributed by atoms with E-state index in [1.807, 2.05) is 31.2 Å². The van der Waals surface area contributed by atoms with E-state index in [9.17, 15) is 4.79 Å². The largest absolute Gasteiger partial charge is 0.489 e. The summed E-state index contributed by atoms with van der Waals surface area (Å²) in [5, 5.41) is 12.5. The number of benzene rings is 1. The highest BCUT2D eigenvalue weighted by Gasteiger charge is 2.25. The minimum Gasteiger partial charge on any atom is -0.489 e. The van der Waals surface area contributed by atoms with Crippen molar-refractivity contribution >= 4 is 21.9 Å². The molecule has 2 rings (SSSR count). The van der Waals surface area contributed by atoms with Crippen molar-refractivity contribution in [2.24, 2.45) is 5.92 Å². The first-order chi connectivity index (χ1) is 10.0. The molecule has 0 aliphatic heterocycles. The van der Waals surface area contributed by atoms with Crippen LogP contribution in [0.15, 0.2) is 28.7 Å². The Kier molecular flexibility index (Phi) is 6.06. The number of hydrogen-bond acceptors (Lipinski definition) is 3. The Morgan fingerprint density at radius 2 is 2.14 bits per heavy atom. The van der Waals surface area contributed by atoms with E-state index in [4.69, 9.17) is 9.84 Å². The summed E-state index contributed by atoms with van der Waals surface area (Å²) in [7, 11) is 0. The maximum atomic E-state index is 10.9. The molecule has 0 amide bonds. The van der Waals surface area contributed by atoms with E-state index in [0.29, 0.717) is 6.04 Å². The fourth-order valence-corrected chi connectivity index (χ4v) is 3.07. The zero-order valence-electron chi connectivity index (χ0n) is 12.2. The maximum Gasteiger partial charge on any atom is 0.306 e. The lowest BCUT2D eigenvalue weighted by atomic mass is 9.86. The zero-order chi connectivity index (χ0) is 15.2. The quantitative estimate of drug-likeness (QED) is 0.820. The van der Waals surface area contributed by atoms with Crippen LogP contribution in [0.5, 0.6) is 5.75 Å². The number of carboxylic acid groups (broad SMARTS) is 1. The third kappa shape index (κ3) is 5.32. The van der Waals surface area contributed by atoms with Crippen LogP contribution in [-0.2, 0) is 4.79 Å². The van der Waals surface area contributed by atoms with Crippen molar-refractivity contribution in [3.05, 3.63) is 28.7 Å². The fraction of sp³-hybridized carbons (Fsp3) is 0.562. The van der Waals surface area contributed by atoms with Gasteiger partial charge in [0.25, 0.3) is 0 Å². The van der Waals surface area contributed by atoms with E-state index in [1.165, 1.54) is 0 Å². The standard InChI is InChI=1S/C16H22BrNO3/c1-11(21-15-4-2-3-13(17)9-15)10-18-14-7-5-12(6-8-14)16(19)20/h2-4,9,11-12,14,18H,5-8,10H2,1H3,(H,19,20). The number of rotatable bonds is 6. The number of nitrogens with one attached hydrogen (secondary N) is 1. The molecule has 0 spiro atoms. The molecule has 1 atom stereocenters. The molecule has 1 aromatic carbocycles. The minimum atomic E-state index is -0.653. The molecule has 21 heavy (non-hydrogen) atoms. The van der Waals surface area contributed by atoms with Crippen LogP contribution in [-0.4, -0.2) is 29.8 Å². The number of hydrogen-bond donors (Lipinski definition) is 2. The number of halogens is 1. The Hall–Kier alpha value is -1.07. The van der Waals surface area contributed by atoms with Gasteiger partial charge in [-0.3, -0.25) is 4.79 Å². The summed E-state index contributed by atoms with van der Waals surface area (Å²) in [5.41, 5.74) is 0. The summed E-state index contributed by atoms with van der Waals surface area (Å²) in [6.07, 6.45) is 3.49. The molecule has 0 saturated heterocycles. The average Bonchev–Trinajstić information content (AvgIpc) is 2.45. The van der Waals surface area contributed by atoms with Crippen molar-refractivity contribution in [2.75, 3.05) is 6.54 Å².